The zero-order valence-electron chi connectivity index (χ0n) is 49.1. The first kappa shape index (κ1) is 73.9. The second kappa shape index (κ2) is 59.0. The van der Waals surface area contributed by atoms with Crippen LogP contribution in [-0.2, 0) is 42.2 Å². The van der Waals surface area contributed by atoms with Gasteiger partial charge in [-0.3, -0.25) is 23.4 Å². The molecule has 0 amide bonds. The second-order valence-corrected chi connectivity index (χ2v) is 21.2. The molecule has 12 heteroatoms. The molecule has 0 aliphatic carbocycles. The molecular weight excluding hydrogens is 1000 g/mol. The summed E-state index contributed by atoms with van der Waals surface area (Å²) in [5.74, 6) is -1.60. The molecule has 0 spiro atoms. The average molecular weight is 1110 g/mol. The highest BCUT2D eigenvalue weighted by Gasteiger charge is 2.28. The maximum Gasteiger partial charge on any atom is 0.472 e. The van der Waals surface area contributed by atoms with Gasteiger partial charge in [-0.05, 0) is 122 Å². The third-order valence-electron chi connectivity index (χ3n) is 12.4. The summed E-state index contributed by atoms with van der Waals surface area (Å²) in [5.41, 5.74) is 0. The van der Waals surface area contributed by atoms with Crippen molar-refractivity contribution in [1.82, 2.24) is 0 Å². The summed E-state index contributed by atoms with van der Waals surface area (Å²) in [5, 5.41) is 9.83. The minimum atomic E-state index is -4.78. The molecule has 0 aliphatic rings. The monoisotopic (exact) mass is 1110 g/mol. The van der Waals surface area contributed by atoms with E-state index in [2.05, 4.69) is 130 Å². The molecule has 0 saturated heterocycles. The zero-order chi connectivity index (χ0) is 56.9. The Morgan fingerprint density at radius 2 is 0.692 bits per heavy atom. The van der Waals surface area contributed by atoms with Crippen molar-refractivity contribution in [1.29, 1.82) is 0 Å². The van der Waals surface area contributed by atoms with Gasteiger partial charge >= 0.3 is 25.7 Å². The Morgan fingerprint density at radius 1 is 0.372 bits per heavy atom. The van der Waals surface area contributed by atoms with E-state index in [1.165, 1.54) is 57.8 Å². The first-order chi connectivity index (χ1) is 38.2. The van der Waals surface area contributed by atoms with Crippen LogP contribution < -0.4 is 0 Å². The Hall–Kier alpha value is -4.12. The molecule has 3 atom stereocenters. The number of esters is 3. The van der Waals surface area contributed by atoms with Gasteiger partial charge in [0.25, 0.3) is 0 Å². The summed E-state index contributed by atoms with van der Waals surface area (Å²) in [6.07, 6.45) is 73.0. The molecule has 78 heavy (non-hydrogen) atoms. The van der Waals surface area contributed by atoms with E-state index in [-0.39, 0.29) is 25.9 Å². The molecule has 0 bridgehead atoms. The number of unbranched alkanes of at least 4 members (excludes halogenated alkanes) is 18. The fourth-order valence-corrected chi connectivity index (χ4v) is 8.52. The van der Waals surface area contributed by atoms with Crippen LogP contribution in [0.4, 0.5) is 0 Å². The highest BCUT2D eigenvalue weighted by Crippen LogP contribution is 2.43. The van der Waals surface area contributed by atoms with E-state index in [0.717, 1.165) is 116 Å². The van der Waals surface area contributed by atoms with Crippen LogP contribution in [0.1, 0.15) is 239 Å². The summed E-state index contributed by atoms with van der Waals surface area (Å²) in [6.45, 7) is 4.37. The van der Waals surface area contributed by atoms with E-state index >= 15 is 0 Å². The third kappa shape index (κ3) is 56.6. The predicted octanol–water partition coefficient (Wildman–Crippen LogP) is 18.4. The van der Waals surface area contributed by atoms with Crippen LogP contribution in [0.2, 0.25) is 0 Å². The maximum absolute atomic E-state index is 12.9. The summed E-state index contributed by atoms with van der Waals surface area (Å²) in [6, 6.07) is 0. The molecule has 3 unspecified atom stereocenters. The molecule has 0 fully saturated rings. The predicted molar refractivity (Wildman–Crippen MR) is 325 cm³/mol. The Balaban J connectivity index is 4.87. The fourth-order valence-electron chi connectivity index (χ4n) is 7.74. The largest absolute Gasteiger partial charge is 0.472 e. The molecule has 11 nitrogen and oxygen atoms in total. The second-order valence-electron chi connectivity index (χ2n) is 19.8. The number of hydrogen-bond acceptors (Lipinski definition) is 10. The highest BCUT2D eigenvalue weighted by molar-refractivity contribution is 7.47. The van der Waals surface area contributed by atoms with Crippen molar-refractivity contribution in [2.75, 3.05) is 26.4 Å². The molecule has 0 radical (unpaired) electrons. The Kier molecular flexibility index (Phi) is 55.9. The SMILES string of the molecule is CC/C=C\C/C=C\C/C=C\C/C=C\C/C=C\C/C=C\CCC(=O)OC(COC(=O)CCCCCCCCC/C=C\C/C=C\CCCCC)COP(=O)(O)OCC(CO)OC(=O)CCCCCCC/C=C\C/C=C\CCCCC. The summed E-state index contributed by atoms with van der Waals surface area (Å²) in [7, 11) is -4.78. The topological polar surface area (TPSA) is 155 Å². The van der Waals surface area contributed by atoms with Gasteiger partial charge in [-0.1, -0.05) is 219 Å². The number of carbonyl (C=O) groups is 3. The minimum Gasteiger partial charge on any atom is -0.462 e. The van der Waals surface area contributed by atoms with Crippen LogP contribution in [0.25, 0.3) is 0 Å². The molecule has 0 aromatic heterocycles. The molecule has 0 rings (SSSR count). The van der Waals surface area contributed by atoms with Crippen molar-refractivity contribution in [2.24, 2.45) is 0 Å². The summed E-state index contributed by atoms with van der Waals surface area (Å²) in [4.78, 5) is 48.6. The molecular formula is C66H109O11P. The average Bonchev–Trinajstić information content (AvgIpc) is 3.43. The van der Waals surface area contributed by atoms with Gasteiger partial charge in [-0.2, -0.15) is 0 Å². The van der Waals surface area contributed by atoms with E-state index < -0.39 is 57.8 Å². The van der Waals surface area contributed by atoms with Gasteiger partial charge in [-0.15, -0.1) is 0 Å². The lowest BCUT2D eigenvalue weighted by Crippen LogP contribution is -2.30. The molecule has 444 valence electrons. The number of allylic oxidation sites excluding steroid dienone is 20. The van der Waals surface area contributed by atoms with Gasteiger partial charge in [0.05, 0.1) is 19.8 Å². The lowest BCUT2D eigenvalue weighted by atomic mass is 10.1. The number of phosphoric ester groups is 1. The number of carbonyl (C=O) groups excluding carboxylic acids is 3. The smallest absolute Gasteiger partial charge is 0.462 e. The van der Waals surface area contributed by atoms with E-state index in [1.54, 1.807) is 0 Å². The van der Waals surface area contributed by atoms with Crippen molar-refractivity contribution >= 4 is 25.7 Å². The van der Waals surface area contributed by atoms with Crippen LogP contribution in [0.3, 0.4) is 0 Å². The van der Waals surface area contributed by atoms with Crippen LogP contribution in [0.5, 0.6) is 0 Å². The lowest BCUT2D eigenvalue weighted by Gasteiger charge is -2.21. The van der Waals surface area contributed by atoms with Crippen molar-refractivity contribution in [3.8, 4) is 0 Å². The van der Waals surface area contributed by atoms with Gasteiger partial charge in [0.2, 0.25) is 0 Å². The normalized spacial score (nSPS) is 14.2. The number of rotatable bonds is 55. The lowest BCUT2D eigenvalue weighted by molar-refractivity contribution is -0.161. The first-order valence-corrected chi connectivity index (χ1v) is 31.9. The standard InChI is InChI=1S/C66H109O11P/c1-4-7-10-13-16-19-22-25-28-30-31-33-36-39-42-45-48-51-54-57-66(70)77-63(59-73-64(68)55-52-49-46-43-40-37-35-32-29-26-23-20-17-14-11-8-5-2)61-75-78(71,72)74-60-62(58-67)76-65(69)56-53-50-47-44-41-38-34-27-24-21-18-15-12-9-6-3/h7,10,16-21,25-29,31,33-34,39,42,48,51,62-63,67H,4-6,8-9,11-15,22-24,30,32,35-38,40-41,43-47,49-50,52-61H2,1-3H3,(H,71,72)/b10-7-,19-16-,20-17-,21-18-,28-25-,29-26-,33-31-,34-27-,42-39-,51-48-. The number of aliphatic hydroxyl groups excluding tert-OH is 1. The quantitative estimate of drug-likeness (QED) is 0.0197. The van der Waals surface area contributed by atoms with Crippen molar-refractivity contribution in [3.05, 3.63) is 122 Å². The van der Waals surface area contributed by atoms with Gasteiger partial charge in [0.15, 0.2) is 6.10 Å². The van der Waals surface area contributed by atoms with E-state index in [4.69, 9.17) is 23.3 Å². The minimum absolute atomic E-state index is 0.0339. The molecule has 0 aromatic rings. The van der Waals surface area contributed by atoms with Crippen LogP contribution in [-0.4, -0.2) is 66.5 Å². The van der Waals surface area contributed by atoms with Crippen LogP contribution >= 0.6 is 7.82 Å². The van der Waals surface area contributed by atoms with Crippen molar-refractivity contribution in [3.63, 3.8) is 0 Å². The van der Waals surface area contributed by atoms with E-state index in [9.17, 15) is 28.9 Å². The Bertz CT molecular complexity index is 1770. The van der Waals surface area contributed by atoms with E-state index in [0.29, 0.717) is 25.7 Å². The Labute approximate surface area is 475 Å². The number of ether oxygens (including phenoxy) is 3. The molecule has 0 heterocycles. The third-order valence-corrected chi connectivity index (χ3v) is 13.3. The van der Waals surface area contributed by atoms with Gasteiger partial charge in [0, 0.05) is 19.3 Å². The van der Waals surface area contributed by atoms with Crippen molar-refractivity contribution in [2.45, 2.75) is 251 Å². The number of aliphatic hydroxyl groups is 1. The van der Waals surface area contributed by atoms with Crippen LogP contribution in [0.15, 0.2) is 122 Å². The molecule has 0 aliphatic heterocycles. The van der Waals surface area contributed by atoms with Crippen LogP contribution in [0, 0.1) is 0 Å². The molecule has 0 aromatic carbocycles. The summed E-state index contributed by atoms with van der Waals surface area (Å²) < 4.78 is 39.5. The fraction of sp³-hybridized carbons (Fsp3) is 0.652. The molecule has 0 saturated carbocycles. The van der Waals surface area contributed by atoms with Gasteiger partial charge < -0.3 is 24.2 Å². The number of phosphoric acid groups is 1. The summed E-state index contributed by atoms with van der Waals surface area (Å²) >= 11 is 0. The van der Waals surface area contributed by atoms with Crippen molar-refractivity contribution < 1.29 is 52.2 Å². The first-order valence-electron chi connectivity index (χ1n) is 30.4. The zero-order valence-corrected chi connectivity index (χ0v) is 50.0. The highest BCUT2D eigenvalue weighted by atomic mass is 31.2. The maximum atomic E-state index is 12.9. The van der Waals surface area contributed by atoms with E-state index in [1.807, 2.05) is 12.2 Å². The van der Waals surface area contributed by atoms with Gasteiger partial charge in [0.1, 0.15) is 12.7 Å². The number of hydrogen-bond donors (Lipinski definition) is 2. The molecule has 2 N–H and O–H groups in total. The Morgan fingerprint density at radius 3 is 1.10 bits per heavy atom. The van der Waals surface area contributed by atoms with Gasteiger partial charge in [-0.25, -0.2) is 4.57 Å².